The van der Waals surface area contributed by atoms with E-state index in [1.165, 1.54) is 24.9 Å². The minimum Gasteiger partial charge on any atom is -0.337 e. The van der Waals surface area contributed by atoms with Crippen LogP contribution < -0.4 is 0 Å². The molecule has 6 nitrogen and oxygen atoms in total. The fourth-order valence-electron chi connectivity index (χ4n) is 4.87. The third-order valence-corrected chi connectivity index (χ3v) is 6.11. The Morgan fingerprint density at radius 3 is 2.96 bits per heavy atom. The normalized spacial score (nSPS) is 25.1. The molecule has 0 aliphatic carbocycles. The maximum absolute atomic E-state index is 5.61. The van der Waals surface area contributed by atoms with Gasteiger partial charge in [0, 0.05) is 36.8 Å². The highest BCUT2D eigenvalue weighted by Gasteiger charge is 2.46. The van der Waals surface area contributed by atoms with Crippen LogP contribution in [0, 0.1) is 0 Å². The number of hydrogen-bond acceptors (Lipinski definition) is 5. The molecule has 0 unspecified atom stereocenters. The molecule has 140 valence electrons. The van der Waals surface area contributed by atoms with Gasteiger partial charge in [-0.15, -0.1) is 0 Å². The minimum atomic E-state index is 0.351. The first-order valence-corrected chi connectivity index (χ1v) is 9.96. The monoisotopic (exact) mass is 363 g/mol. The summed E-state index contributed by atoms with van der Waals surface area (Å²) in [5, 5.41) is 4.38. The molecule has 3 atom stereocenters. The van der Waals surface area contributed by atoms with Gasteiger partial charge in [-0.2, -0.15) is 4.98 Å². The molecule has 2 fully saturated rings. The summed E-state index contributed by atoms with van der Waals surface area (Å²) in [5.74, 6) is 2.94. The fraction of sp³-hybridized carbons (Fsp3) is 0.476. The van der Waals surface area contributed by atoms with Gasteiger partial charge in [-0.05, 0) is 31.4 Å². The standard InChI is InChI=1S/C21H25N5O/c1-2-19-22-10-12-25(19)14-20-23-21(24-27-20)16-13-18(15-7-4-3-5-8-15)26-11-6-9-17(16)26/h3-5,7-8,10,12,16-18H,2,6,9,11,13-14H2,1H3/t16-,17+,18-/m0/s1. The van der Waals surface area contributed by atoms with Crippen molar-refractivity contribution in [1.29, 1.82) is 0 Å². The SMILES string of the molecule is CCc1nccn1Cc1nc([C@H]2C[C@@H](c3ccccc3)N3CCC[C@H]23)no1. The minimum absolute atomic E-state index is 0.351. The molecule has 4 heterocycles. The van der Waals surface area contributed by atoms with Crippen molar-refractivity contribution in [3.63, 3.8) is 0 Å². The zero-order chi connectivity index (χ0) is 18.2. The van der Waals surface area contributed by atoms with Crippen molar-refractivity contribution in [2.45, 2.75) is 57.2 Å². The first kappa shape index (κ1) is 16.7. The average Bonchev–Trinajstić information content (AvgIpc) is 3.47. The second kappa shape index (κ2) is 6.93. The van der Waals surface area contributed by atoms with Crippen LogP contribution in [0.3, 0.4) is 0 Å². The largest absolute Gasteiger partial charge is 0.337 e. The van der Waals surface area contributed by atoms with Crippen LogP contribution in [0.5, 0.6) is 0 Å². The second-order valence-corrected chi connectivity index (χ2v) is 7.59. The van der Waals surface area contributed by atoms with E-state index in [1.54, 1.807) is 0 Å². The molecule has 0 bridgehead atoms. The number of aryl methyl sites for hydroxylation is 1. The van der Waals surface area contributed by atoms with E-state index < -0.39 is 0 Å². The molecule has 6 heteroatoms. The number of nitrogens with zero attached hydrogens (tertiary/aromatic N) is 5. The Morgan fingerprint density at radius 1 is 1.22 bits per heavy atom. The third-order valence-electron chi connectivity index (χ3n) is 6.11. The average molecular weight is 363 g/mol. The van der Waals surface area contributed by atoms with E-state index >= 15 is 0 Å². The lowest BCUT2D eigenvalue weighted by molar-refractivity contribution is 0.243. The molecule has 5 rings (SSSR count). The lowest BCUT2D eigenvalue weighted by atomic mass is 9.94. The van der Waals surface area contributed by atoms with Crippen LogP contribution in [0.2, 0.25) is 0 Å². The Bertz CT molecular complexity index is 902. The highest BCUT2D eigenvalue weighted by atomic mass is 16.5. The van der Waals surface area contributed by atoms with Gasteiger partial charge in [-0.1, -0.05) is 42.4 Å². The maximum atomic E-state index is 5.61. The summed E-state index contributed by atoms with van der Waals surface area (Å²) in [5.41, 5.74) is 1.40. The van der Waals surface area contributed by atoms with E-state index in [9.17, 15) is 0 Å². The lowest BCUT2D eigenvalue weighted by Crippen LogP contribution is -2.27. The maximum Gasteiger partial charge on any atom is 0.246 e. The third kappa shape index (κ3) is 2.98. The molecule has 3 aromatic rings. The molecule has 0 N–H and O–H groups in total. The number of fused-ring (bicyclic) bond motifs is 1. The first-order chi connectivity index (χ1) is 13.3. The van der Waals surface area contributed by atoms with Crippen molar-refractivity contribution in [1.82, 2.24) is 24.6 Å². The Morgan fingerprint density at radius 2 is 2.11 bits per heavy atom. The van der Waals surface area contributed by atoms with Crippen LogP contribution in [0.15, 0.2) is 47.2 Å². The van der Waals surface area contributed by atoms with E-state index in [4.69, 9.17) is 9.51 Å². The molecule has 2 aromatic heterocycles. The van der Waals surface area contributed by atoms with E-state index in [-0.39, 0.29) is 0 Å². The van der Waals surface area contributed by atoms with Crippen molar-refractivity contribution in [3.8, 4) is 0 Å². The Labute approximate surface area is 159 Å². The summed E-state index contributed by atoms with van der Waals surface area (Å²) in [6, 6.07) is 11.8. The van der Waals surface area contributed by atoms with Gasteiger partial charge in [-0.25, -0.2) is 4.98 Å². The Kier molecular flexibility index (Phi) is 4.28. The number of aromatic nitrogens is 4. The van der Waals surface area contributed by atoms with Gasteiger partial charge in [0.1, 0.15) is 12.4 Å². The summed E-state index contributed by atoms with van der Waals surface area (Å²) in [7, 11) is 0. The number of imidazole rings is 1. The van der Waals surface area contributed by atoms with Crippen LogP contribution >= 0.6 is 0 Å². The zero-order valence-electron chi connectivity index (χ0n) is 15.7. The highest BCUT2D eigenvalue weighted by Crippen LogP contribution is 2.48. The van der Waals surface area contributed by atoms with E-state index in [0.29, 0.717) is 30.4 Å². The van der Waals surface area contributed by atoms with Crippen molar-refractivity contribution in [2.24, 2.45) is 0 Å². The van der Waals surface area contributed by atoms with Crippen LogP contribution in [0.4, 0.5) is 0 Å². The van der Waals surface area contributed by atoms with Gasteiger partial charge in [0.25, 0.3) is 0 Å². The zero-order valence-corrected chi connectivity index (χ0v) is 15.7. The van der Waals surface area contributed by atoms with E-state index in [0.717, 1.165) is 24.5 Å². The van der Waals surface area contributed by atoms with Crippen molar-refractivity contribution in [2.75, 3.05) is 6.54 Å². The van der Waals surface area contributed by atoms with Crippen molar-refractivity contribution >= 4 is 0 Å². The molecular weight excluding hydrogens is 338 g/mol. The summed E-state index contributed by atoms with van der Waals surface area (Å²) >= 11 is 0. The molecule has 0 saturated carbocycles. The molecule has 27 heavy (non-hydrogen) atoms. The second-order valence-electron chi connectivity index (χ2n) is 7.59. The summed E-state index contributed by atoms with van der Waals surface area (Å²) < 4.78 is 7.69. The van der Waals surface area contributed by atoms with Gasteiger partial charge in [0.05, 0.1) is 0 Å². The molecule has 0 radical (unpaired) electrons. The summed E-state index contributed by atoms with van der Waals surface area (Å²) in [6.45, 7) is 3.87. The van der Waals surface area contributed by atoms with Crippen LogP contribution in [-0.2, 0) is 13.0 Å². The molecule has 2 saturated heterocycles. The van der Waals surface area contributed by atoms with Crippen molar-refractivity contribution < 1.29 is 4.52 Å². The Hall–Kier alpha value is -2.47. The van der Waals surface area contributed by atoms with E-state index in [1.807, 2.05) is 12.4 Å². The molecule has 1 aromatic carbocycles. The van der Waals surface area contributed by atoms with Gasteiger partial charge >= 0.3 is 0 Å². The lowest BCUT2D eigenvalue weighted by Gasteiger charge is -2.24. The predicted octanol–water partition coefficient (Wildman–Crippen LogP) is 3.57. The summed E-state index contributed by atoms with van der Waals surface area (Å²) in [4.78, 5) is 11.8. The molecular formula is C21H25N5O. The van der Waals surface area contributed by atoms with Crippen molar-refractivity contribution in [3.05, 3.63) is 65.8 Å². The number of hydrogen-bond donors (Lipinski definition) is 0. The smallest absolute Gasteiger partial charge is 0.246 e. The van der Waals surface area contributed by atoms with Gasteiger partial charge < -0.3 is 9.09 Å². The fourth-order valence-corrected chi connectivity index (χ4v) is 4.87. The quantitative estimate of drug-likeness (QED) is 0.693. The summed E-state index contributed by atoms with van der Waals surface area (Å²) in [6.07, 6.45) is 8.24. The Balaban J connectivity index is 1.38. The topological polar surface area (TPSA) is 60.0 Å². The highest BCUT2D eigenvalue weighted by molar-refractivity contribution is 5.24. The number of benzene rings is 1. The predicted molar refractivity (Wildman–Crippen MR) is 101 cm³/mol. The molecule has 2 aliphatic heterocycles. The van der Waals surface area contributed by atoms with Gasteiger partial charge in [0.2, 0.25) is 5.89 Å². The molecule has 0 amide bonds. The van der Waals surface area contributed by atoms with E-state index in [2.05, 4.69) is 56.9 Å². The van der Waals surface area contributed by atoms with Gasteiger partial charge in [0.15, 0.2) is 5.82 Å². The molecule has 0 spiro atoms. The number of rotatable bonds is 5. The van der Waals surface area contributed by atoms with Crippen LogP contribution in [-0.4, -0.2) is 37.2 Å². The van der Waals surface area contributed by atoms with Crippen LogP contribution in [0.1, 0.15) is 61.2 Å². The van der Waals surface area contributed by atoms with Crippen LogP contribution in [0.25, 0.3) is 0 Å². The van der Waals surface area contributed by atoms with Gasteiger partial charge in [-0.3, -0.25) is 4.90 Å². The molecule has 2 aliphatic rings. The first-order valence-electron chi connectivity index (χ1n) is 9.96.